The van der Waals surface area contributed by atoms with E-state index in [1.807, 2.05) is 13.8 Å². The maximum atomic E-state index is 12.1. The molecule has 0 bridgehead atoms. The third-order valence-corrected chi connectivity index (χ3v) is 3.02. The van der Waals surface area contributed by atoms with E-state index in [1.54, 1.807) is 12.1 Å². The molecule has 1 amide bonds. The molecule has 0 fully saturated rings. The van der Waals surface area contributed by atoms with Gasteiger partial charge in [0.1, 0.15) is 10.8 Å². The van der Waals surface area contributed by atoms with Gasteiger partial charge in [-0.15, -0.1) is 5.10 Å². The Morgan fingerprint density at radius 3 is 2.79 bits per heavy atom. The molecule has 0 radical (unpaired) electrons. The lowest BCUT2D eigenvalue weighted by Crippen LogP contribution is -2.15. The van der Waals surface area contributed by atoms with E-state index in [-0.39, 0.29) is 11.8 Å². The van der Waals surface area contributed by atoms with Crippen LogP contribution in [-0.2, 0) is 0 Å². The second kappa shape index (κ2) is 5.72. The quantitative estimate of drug-likeness (QED) is 0.579. The Morgan fingerprint density at radius 1 is 1.42 bits per heavy atom. The Hall–Kier alpha value is -2.06. The molecule has 0 saturated heterocycles. The minimum atomic E-state index is -0.244. The van der Waals surface area contributed by atoms with Gasteiger partial charge in [-0.25, -0.2) is 10.8 Å². The van der Waals surface area contributed by atoms with E-state index >= 15 is 0 Å². The first-order chi connectivity index (χ1) is 9.10. The van der Waals surface area contributed by atoms with Gasteiger partial charge >= 0.3 is 0 Å². The van der Waals surface area contributed by atoms with Crippen molar-refractivity contribution in [1.29, 1.82) is 0 Å². The zero-order valence-corrected chi connectivity index (χ0v) is 11.4. The van der Waals surface area contributed by atoms with Gasteiger partial charge in [0.25, 0.3) is 5.91 Å². The number of nitrogen functional groups attached to an aromatic ring is 1. The molecular formula is C11H14N6OS. The second-order valence-electron chi connectivity index (χ2n) is 4.20. The largest absolute Gasteiger partial charge is 0.311 e. The summed E-state index contributed by atoms with van der Waals surface area (Å²) in [6.45, 7) is 3.99. The van der Waals surface area contributed by atoms with Gasteiger partial charge in [0.2, 0.25) is 0 Å². The van der Waals surface area contributed by atoms with Crippen molar-refractivity contribution in [3.63, 3.8) is 0 Å². The summed E-state index contributed by atoms with van der Waals surface area (Å²) >= 11 is 1.12. The minimum Gasteiger partial charge on any atom is -0.311 e. The van der Waals surface area contributed by atoms with Gasteiger partial charge in [-0.05, 0) is 18.1 Å². The molecule has 7 nitrogen and oxygen atoms in total. The molecule has 100 valence electrons. The molecule has 8 heteroatoms. The Labute approximate surface area is 114 Å². The first-order valence-electron chi connectivity index (χ1n) is 5.67. The van der Waals surface area contributed by atoms with Crippen molar-refractivity contribution in [3.8, 4) is 0 Å². The summed E-state index contributed by atoms with van der Waals surface area (Å²) in [5, 5.41) is 6.96. The average Bonchev–Trinajstić information content (AvgIpc) is 2.90. The van der Waals surface area contributed by atoms with E-state index in [0.29, 0.717) is 16.4 Å². The number of hydrazine groups is 1. The number of nitrogens with two attached hydrogens (primary N) is 1. The van der Waals surface area contributed by atoms with Crippen LogP contribution in [0.2, 0.25) is 0 Å². The van der Waals surface area contributed by atoms with Crippen molar-refractivity contribution >= 4 is 28.3 Å². The smallest absolute Gasteiger partial charge is 0.256 e. The van der Waals surface area contributed by atoms with Gasteiger partial charge in [-0.2, -0.15) is 0 Å². The predicted molar refractivity (Wildman–Crippen MR) is 74.0 cm³/mol. The van der Waals surface area contributed by atoms with Crippen molar-refractivity contribution in [3.05, 3.63) is 29.6 Å². The number of amides is 1. The van der Waals surface area contributed by atoms with Crippen LogP contribution in [0, 0.1) is 0 Å². The summed E-state index contributed by atoms with van der Waals surface area (Å²) in [7, 11) is 0. The summed E-state index contributed by atoms with van der Waals surface area (Å²) in [5.41, 5.74) is 3.74. The lowest BCUT2D eigenvalue weighted by molar-refractivity contribution is 0.102. The van der Waals surface area contributed by atoms with E-state index < -0.39 is 0 Å². The molecule has 0 aliphatic carbocycles. The van der Waals surface area contributed by atoms with Crippen molar-refractivity contribution in [2.75, 3.05) is 10.7 Å². The lowest BCUT2D eigenvalue weighted by Gasteiger charge is -2.10. The zero-order chi connectivity index (χ0) is 13.8. The summed E-state index contributed by atoms with van der Waals surface area (Å²) in [4.78, 5) is 16.4. The number of hydrogen-bond donors (Lipinski definition) is 3. The van der Waals surface area contributed by atoms with Crippen LogP contribution >= 0.6 is 11.5 Å². The molecule has 0 atom stereocenters. The van der Waals surface area contributed by atoms with Crippen molar-refractivity contribution in [2.24, 2.45) is 5.84 Å². The number of nitrogens with one attached hydrogen (secondary N) is 2. The number of aromatic nitrogens is 3. The molecule has 2 aromatic rings. The molecule has 0 saturated carbocycles. The van der Waals surface area contributed by atoms with Crippen LogP contribution < -0.4 is 16.6 Å². The first kappa shape index (κ1) is 13.4. The Kier molecular flexibility index (Phi) is 4.03. The van der Waals surface area contributed by atoms with Gasteiger partial charge in [0.05, 0.1) is 6.20 Å². The van der Waals surface area contributed by atoms with Gasteiger partial charge in [0.15, 0.2) is 0 Å². The van der Waals surface area contributed by atoms with E-state index in [1.165, 1.54) is 6.20 Å². The zero-order valence-electron chi connectivity index (χ0n) is 10.5. The normalized spacial score (nSPS) is 10.5. The van der Waals surface area contributed by atoms with E-state index in [2.05, 4.69) is 25.3 Å². The standard InChI is InChI=1S/C11H14N6OS/c1-6(2)8-3-7(4-9(14-8)16-12)11(18)15-10-5-13-17-19-10/h3-6H,12H2,1-2H3,(H,14,16)(H,15,18). The number of rotatable bonds is 4. The molecule has 0 aliphatic rings. The van der Waals surface area contributed by atoms with Crippen molar-refractivity contribution in [1.82, 2.24) is 14.6 Å². The number of pyridine rings is 1. The van der Waals surface area contributed by atoms with E-state index in [0.717, 1.165) is 17.2 Å². The van der Waals surface area contributed by atoms with Gasteiger partial charge in [-0.3, -0.25) is 4.79 Å². The van der Waals surface area contributed by atoms with Crippen LogP contribution in [0.4, 0.5) is 10.8 Å². The third kappa shape index (κ3) is 3.24. The number of hydrogen-bond acceptors (Lipinski definition) is 7. The van der Waals surface area contributed by atoms with Crippen LogP contribution in [0.1, 0.15) is 35.8 Å². The fraction of sp³-hybridized carbons (Fsp3) is 0.273. The number of nitrogens with zero attached hydrogens (tertiary/aromatic N) is 3. The van der Waals surface area contributed by atoms with Gasteiger partial charge < -0.3 is 10.7 Å². The predicted octanol–water partition coefficient (Wildman–Crippen LogP) is 1.59. The molecule has 0 unspecified atom stereocenters. The molecule has 2 aromatic heterocycles. The van der Waals surface area contributed by atoms with Crippen LogP contribution in [0.3, 0.4) is 0 Å². The highest BCUT2D eigenvalue weighted by Gasteiger charge is 2.12. The molecule has 0 spiro atoms. The fourth-order valence-corrected chi connectivity index (χ4v) is 1.87. The molecule has 4 N–H and O–H groups in total. The Balaban J connectivity index is 2.27. The lowest BCUT2D eigenvalue weighted by atomic mass is 10.1. The topological polar surface area (TPSA) is 106 Å². The molecule has 2 heterocycles. The number of carbonyl (C=O) groups is 1. The highest BCUT2D eigenvalue weighted by molar-refractivity contribution is 7.10. The second-order valence-corrected chi connectivity index (χ2v) is 4.99. The number of anilines is 2. The van der Waals surface area contributed by atoms with Crippen LogP contribution in [-0.4, -0.2) is 20.5 Å². The Morgan fingerprint density at radius 2 is 2.21 bits per heavy atom. The molecule has 0 aliphatic heterocycles. The highest BCUT2D eigenvalue weighted by Crippen LogP contribution is 2.19. The molecule has 0 aromatic carbocycles. The van der Waals surface area contributed by atoms with Crippen molar-refractivity contribution in [2.45, 2.75) is 19.8 Å². The molecular weight excluding hydrogens is 264 g/mol. The number of carbonyl (C=O) groups excluding carboxylic acids is 1. The van der Waals surface area contributed by atoms with Crippen LogP contribution in [0.25, 0.3) is 0 Å². The molecule has 19 heavy (non-hydrogen) atoms. The van der Waals surface area contributed by atoms with Gasteiger partial charge in [-0.1, -0.05) is 18.3 Å². The molecule has 2 rings (SSSR count). The Bertz CT molecular complexity index is 569. The van der Waals surface area contributed by atoms with Crippen LogP contribution in [0.5, 0.6) is 0 Å². The van der Waals surface area contributed by atoms with Crippen molar-refractivity contribution < 1.29 is 4.79 Å². The SMILES string of the molecule is CC(C)c1cc(C(=O)Nc2cnns2)cc(NN)n1. The average molecular weight is 278 g/mol. The first-order valence-corrected chi connectivity index (χ1v) is 6.45. The highest BCUT2D eigenvalue weighted by atomic mass is 32.1. The maximum absolute atomic E-state index is 12.1. The minimum absolute atomic E-state index is 0.199. The summed E-state index contributed by atoms with van der Waals surface area (Å²) in [6.07, 6.45) is 1.50. The van der Waals surface area contributed by atoms with E-state index in [9.17, 15) is 4.79 Å². The maximum Gasteiger partial charge on any atom is 0.256 e. The van der Waals surface area contributed by atoms with E-state index in [4.69, 9.17) is 5.84 Å². The van der Waals surface area contributed by atoms with Crippen LogP contribution in [0.15, 0.2) is 18.3 Å². The third-order valence-electron chi connectivity index (χ3n) is 2.44. The summed E-state index contributed by atoms with van der Waals surface area (Å²) < 4.78 is 3.68. The summed E-state index contributed by atoms with van der Waals surface area (Å²) in [5.74, 6) is 5.77. The summed E-state index contributed by atoms with van der Waals surface area (Å²) in [6, 6.07) is 3.34. The fourth-order valence-electron chi connectivity index (χ4n) is 1.46. The monoisotopic (exact) mass is 278 g/mol. The van der Waals surface area contributed by atoms with Gasteiger partial charge in [0, 0.05) is 22.8 Å².